The molecule has 0 aromatic heterocycles. The number of sulfone groups is 1. The molecule has 9 heteroatoms. The van der Waals surface area contributed by atoms with Crippen LogP contribution in [0.2, 0.25) is 0 Å². The van der Waals surface area contributed by atoms with Crippen molar-refractivity contribution in [1.29, 1.82) is 0 Å². The molecule has 2 N–H and O–H groups in total. The molecule has 124 valence electrons. The third kappa shape index (κ3) is 3.53. The Bertz CT molecular complexity index is 766. The predicted molar refractivity (Wildman–Crippen MR) is 77.0 cm³/mol. The second-order valence-electron chi connectivity index (χ2n) is 5.37. The summed E-state index contributed by atoms with van der Waals surface area (Å²) in [5.74, 6) is -3.45. The zero-order valence-corrected chi connectivity index (χ0v) is 13.1. The Kier molecular flexibility index (Phi) is 4.76. The molecule has 0 spiro atoms. The first kappa shape index (κ1) is 17.4. The summed E-state index contributed by atoms with van der Waals surface area (Å²) >= 11 is 0. The van der Waals surface area contributed by atoms with E-state index in [2.05, 4.69) is 0 Å². The van der Waals surface area contributed by atoms with E-state index < -0.39 is 44.0 Å². The van der Waals surface area contributed by atoms with Crippen molar-refractivity contribution in [3.05, 3.63) is 29.0 Å². The summed E-state index contributed by atoms with van der Waals surface area (Å²) in [6.45, 7) is 0. The van der Waals surface area contributed by atoms with Crippen LogP contribution in [-0.4, -0.2) is 37.2 Å². The number of rotatable bonds is 4. The lowest BCUT2D eigenvalue weighted by atomic mass is 9.81. The molecule has 0 radical (unpaired) electrons. The number of quaternary nitrogens is 1. The van der Waals surface area contributed by atoms with Gasteiger partial charge >= 0.3 is 0 Å². The molecule has 1 aliphatic carbocycles. The molecule has 23 heavy (non-hydrogen) atoms. The van der Waals surface area contributed by atoms with E-state index in [0.717, 1.165) is 24.5 Å². The fraction of sp³-hybridized carbons (Fsp3) is 0.357. The van der Waals surface area contributed by atoms with E-state index in [9.17, 15) is 33.2 Å². The Morgan fingerprint density at radius 2 is 1.83 bits per heavy atom. The maximum atomic E-state index is 12.5. The third-order valence-electron chi connectivity index (χ3n) is 3.67. The van der Waals surface area contributed by atoms with Crippen LogP contribution in [0.15, 0.2) is 23.1 Å². The van der Waals surface area contributed by atoms with Gasteiger partial charge in [0.2, 0.25) is 0 Å². The van der Waals surface area contributed by atoms with E-state index in [0.29, 0.717) is 6.42 Å². The molecular weight excluding hydrogens is 326 g/mol. The summed E-state index contributed by atoms with van der Waals surface area (Å²) in [4.78, 5) is 35.9. The highest BCUT2D eigenvalue weighted by Gasteiger charge is 2.38. The number of hydrogen-bond donors (Lipinski definition) is 2. The monoisotopic (exact) mass is 341 g/mol. The van der Waals surface area contributed by atoms with E-state index in [1.54, 1.807) is 0 Å². The van der Waals surface area contributed by atoms with E-state index in [4.69, 9.17) is 0 Å². The molecule has 1 atom stereocenters. The summed E-state index contributed by atoms with van der Waals surface area (Å²) < 4.78 is 23.0. The molecule has 1 unspecified atom stereocenters. The minimum Gasteiger partial charge on any atom is -0.595 e. The molecule has 1 aromatic carbocycles. The summed E-state index contributed by atoms with van der Waals surface area (Å²) in [5.41, 5.74) is -0.873. The van der Waals surface area contributed by atoms with Crippen LogP contribution in [0.5, 0.6) is 0 Å². The van der Waals surface area contributed by atoms with Crippen LogP contribution in [-0.2, 0) is 19.4 Å². The van der Waals surface area contributed by atoms with Crippen LogP contribution < -0.4 is 5.23 Å². The standard InChI is InChI=1S/C14H15NO7S/c1-23(21,22)8-5-6-9(10(7-8)15(19)20)14(18)13-11(16)3-2-4-12(13)17/h5-7,13,15,19H,2-4H2,1H3. The van der Waals surface area contributed by atoms with Crippen LogP contribution in [0, 0.1) is 11.1 Å². The minimum atomic E-state index is -3.66. The highest BCUT2D eigenvalue weighted by atomic mass is 32.2. The van der Waals surface area contributed by atoms with Gasteiger partial charge < -0.3 is 5.21 Å². The summed E-state index contributed by atoms with van der Waals surface area (Å²) in [6.07, 6.45) is 1.46. The molecule has 0 heterocycles. The van der Waals surface area contributed by atoms with E-state index in [1.165, 1.54) is 0 Å². The smallest absolute Gasteiger partial charge is 0.186 e. The molecular formula is C14H15NO7S. The van der Waals surface area contributed by atoms with Crippen LogP contribution in [0.25, 0.3) is 0 Å². The van der Waals surface area contributed by atoms with Gasteiger partial charge in [0.15, 0.2) is 32.9 Å². The second kappa shape index (κ2) is 6.28. The number of carbonyl (C=O) groups is 3. The van der Waals surface area contributed by atoms with Crippen molar-refractivity contribution in [2.45, 2.75) is 24.2 Å². The molecule has 1 aromatic rings. The van der Waals surface area contributed by atoms with Gasteiger partial charge in [0, 0.05) is 25.2 Å². The molecule has 1 aliphatic rings. The van der Waals surface area contributed by atoms with Crippen molar-refractivity contribution in [3.63, 3.8) is 0 Å². The fourth-order valence-electron chi connectivity index (χ4n) is 2.50. The number of carbonyl (C=O) groups excluding carboxylic acids is 3. The number of Topliss-reactive ketones (excluding diaryl/α,β-unsaturated/α-hetero) is 3. The summed E-state index contributed by atoms with van der Waals surface area (Å²) in [7, 11) is -3.66. The quantitative estimate of drug-likeness (QED) is 0.433. The van der Waals surface area contributed by atoms with Gasteiger partial charge in [-0.15, -0.1) is 0 Å². The third-order valence-corrected chi connectivity index (χ3v) is 4.78. The first-order valence-electron chi connectivity index (χ1n) is 6.80. The van der Waals surface area contributed by atoms with E-state index in [1.807, 2.05) is 0 Å². The average Bonchev–Trinajstić information content (AvgIpc) is 2.45. The van der Waals surface area contributed by atoms with Crippen molar-refractivity contribution in [2.24, 2.45) is 5.92 Å². The SMILES string of the molecule is CS(=O)(=O)c1ccc(C(=O)C2C(=O)CCCC2=O)c([NH+]([O-])O)c1. The van der Waals surface area contributed by atoms with Gasteiger partial charge in [-0.3, -0.25) is 14.4 Å². The fourth-order valence-corrected chi connectivity index (χ4v) is 3.15. The minimum absolute atomic E-state index is 0.0893. The van der Waals surface area contributed by atoms with Crippen LogP contribution >= 0.6 is 0 Å². The van der Waals surface area contributed by atoms with Gasteiger partial charge in [-0.05, 0) is 18.6 Å². The summed E-state index contributed by atoms with van der Waals surface area (Å²) in [5, 5.41) is 19.0. The van der Waals surface area contributed by atoms with Gasteiger partial charge in [-0.1, -0.05) is 0 Å². The zero-order valence-electron chi connectivity index (χ0n) is 12.2. The van der Waals surface area contributed by atoms with Gasteiger partial charge in [0.05, 0.1) is 10.5 Å². The van der Waals surface area contributed by atoms with Crippen molar-refractivity contribution in [2.75, 3.05) is 6.26 Å². The van der Waals surface area contributed by atoms with Crippen LogP contribution in [0.1, 0.15) is 29.6 Å². The molecule has 0 amide bonds. The molecule has 8 nitrogen and oxygen atoms in total. The number of hydrogen-bond acceptors (Lipinski definition) is 7. The number of nitrogens with one attached hydrogen (secondary N) is 1. The molecule has 1 saturated carbocycles. The molecule has 0 bridgehead atoms. The zero-order chi connectivity index (χ0) is 17.4. The molecule has 2 rings (SSSR count). The van der Waals surface area contributed by atoms with Crippen molar-refractivity contribution >= 4 is 32.9 Å². The Morgan fingerprint density at radius 3 is 2.30 bits per heavy atom. The largest absolute Gasteiger partial charge is 0.595 e. The van der Waals surface area contributed by atoms with Crippen LogP contribution in [0.3, 0.4) is 0 Å². The van der Waals surface area contributed by atoms with Crippen molar-refractivity contribution in [3.8, 4) is 0 Å². The Hall–Kier alpha value is -1.94. The first-order chi connectivity index (χ1) is 10.6. The lowest BCUT2D eigenvalue weighted by Crippen LogP contribution is -2.99. The summed E-state index contributed by atoms with van der Waals surface area (Å²) in [6, 6.07) is 2.99. The highest BCUT2D eigenvalue weighted by Crippen LogP contribution is 2.25. The van der Waals surface area contributed by atoms with Gasteiger partial charge in [-0.2, -0.15) is 5.23 Å². The van der Waals surface area contributed by atoms with E-state index in [-0.39, 0.29) is 23.3 Å². The molecule has 1 fully saturated rings. The second-order valence-corrected chi connectivity index (χ2v) is 7.38. The first-order valence-corrected chi connectivity index (χ1v) is 8.69. The Morgan fingerprint density at radius 1 is 1.26 bits per heavy atom. The van der Waals surface area contributed by atoms with Gasteiger partial charge in [0.25, 0.3) is 0 Å². The normalized spacial score (nSPS) is 18.0. The van der Waals surface area contributed by atoms with Crippen molar-refractivity contribution < 1.29 is 33.2 Å². The number of benzene rings is 1. The Balaban J connectivity index is 2.52. The van der Waals surface area contributed by atoms with Gasteiger partial charge in [-0.25, -0.2) is 13.6 Å². The average molecular weight is 341 g/mol. The van der Waals surface area contributed by atoms with Crippen molar-refractivity contribution in [1.82, 2.24) is 0 Å². The maximum Gasteiger partial charge on any atom is 0.186 e. The lowest BCUT2D eigenvalue weighted by Gasteiger charge is -2.21. The van der Waals surface area contributed by atoms with Crippen LogP contribution in [0.4, 0.5) is 5.69 Å². The molecule has 0 saturated heterocycles. The lowest BCUT2D eigenvalue weighted by molar-refractivity contribution is -0.991. The highest BCUT2D eigenvalue weighted by molar-refractivity contribution is 7.90. The molecule has 0 aliphatic heterocycles. The number of ketones is 3. The topological polar surface area (TPSA) is 133 Å². The predicted octanol–water partition coefficient (Wildman–Crippen LogP) is -0.385. The Labute approximate surface area is 132 Å². The van der Waals surface area contributed by atoms with E-state index >= 15 is 0 Å². The maximum absolute atomic E-state index is 12.5. The van der Waals surface area contributed by atoms with Gasteiger partial charge in [0.1, 0.15) is 5.92 Å².